The van der Waals surface area contributed by atoms with Crippen LogP contribution in [0.2, 0.25) is 0 Å². The summed E-state index contributed by atoms with van der Waals surface area (Å²) in [6, 6.07) is 18.4. The number of carbonyl (C=O) groups excluding carboxylic acids is 1. The van der Waals surface area contributed by atoms with Gasteiger partial charge in [-0.05, 0) is 47.5 Å². The number of rotatable bonds is 5. The number of para-hydroxylation sites is 1. The molecule has 0 saturated carbocycles. The van der Waals surface area contributed by atoms with E-state index in [0.29, 0.717) is 44.0 Å². The predicted octanol–water partition coefficient (Wildman–Crippen LogP) is 4.60. The highest BCUT2D eigenvalue weighted by Gasteiger charge is 2.34. The fourth-order valence-electron chi connectivity index (χ4n) is 4.62. The van der Waals surface area contributed by atoms with Crippen molar-refractivity contribution < 1.29 is 18.0 Å². The van der Waals surface area contributed by atoms with E-state index in [1.165, 1.54) is 35.3 Å². The summed E-state index contributed by atoms with van der Waals surface area (Å²) >= 11 is 0. The summed E-state index contributed by atoms with van der Waals surface area (Å²) in [6.45, 7) is 2.62. The van der Waals surface area contributed by atoms with Gasteiger partial charge in [-0.3, -0.25) is 9.69 Å². The zero-order chi connectivity index (χ0) is 24.4. The average molecular weight is 479 g/mol. The second-order valence-corrected chi connectivity index (χ2v) is 8.78. The van der Waals surface area contributed by atoms with E-state index in [9.17, 15) is 18.0 Å². The SMILES string of the molecule is O=C(CN1CCN(c2ccccc2F)CC1)N1N=C(c2ccc(F)cc2)C[C@H]1c1ccc(F)cc1. The number of hydrogen-bond donors (Lipinski definition) is 0. The number of halogens is 3. The predicted molar refractivity (Wildman–Crippen MR) is 129 cm³/mol. The van der Waals surface area contributed by atoms with Crippen LogP contribution in [0.25, 0.3) is 0 Å². The first-order chi connectivity index (χ1) is 17.0. The third-order valence-electron chi connectivity index (χ3n) is 6.52. The number of anilines is 1. The van der Waals surface area contributed by atoms with Gasteiger partial charge in [-0.25, -0.2) is 18.2 Å². The molecule has 1 amide bonds. The Hall–Kier alpha value is -3.65. The van der Waals surface area contributed by atoms with Crippen LogP contribution in [0.1, 0.15) is 23.6 Å². The van der Waals surface area contributed by atoms with E-state index in [0.717, 1.165) is 11.1 Å². The lowest BCUT2D eigenvalue weighted by Gasteiger charge is -2.36. The Morgan fingerprint density at radius 3 is 2.11 bits per heavy atom. The van der Waals surface area contributed by atoms with Gasteiger partial charge < -0.3 is 4.90 Å². The maximum atomic E-state index is 14.1. The quantitative estimate of drug-likeness (QED) is 0.538. The Balaban J connectivity index is 1.30. The molecule has 3 aromatic carbocycles. The summed E-state index contributed by atoms with van der Waals surface area (Å²) in [6.07, 6.45) is 0.448. The van der Waals surface area contributed by atoms with Crippen LogP contribution in [0.15, 0.2) is 77.9 Å². The fourth-order valence-corrected chi connectivity index (χ4v) is 4.62. The number of hydrazone groups is 1. The van der Waals surface area contributed by atoms with Gasteiger partial charge in [0.05, 0.1) is 24.0 Å². The van der Waals surface area contributed by atoms with Crippen molar-refractivity contribution in [3.05, 3.63) is 101 Å². The molecule has 3 aromatic rings. The molecule has 0 radical (unpaired) electrons. The summed E-state index contributed by atoms with van der Waals surface area (Å²) in [4.78, 5) is 17.4. The lowest BCUT2D eigenvalue weighted by Crippen LogP contribution is -2.49. The molecular formula is C27H25F3N4O. The zero-order valence-corrected chi connectivity index (χ0v) is 19.1. The molecule has 2 heterocycles. The van der Waals surface area contributed by atoms with Crippen molar-refractivity contribution in [2.45, 2.75) is 12.5 Å². The number of hydrogen-bond acceptors (Lipinski definition) is 4. The lowest BCUT2D eigenvalue weighted by molar-refractivity contribution is -0.134. The normalized spacial score (nSPS) is 18.6. The van der Waals surface area contributed by atoms with E-state index < -0.39 is 0 Å². The van der Waals surface area contributed by atoms with Crippen molar-refractivity contribution in [2.75, 3.05) is 37.6 Å². The van der Waals surface area contributed by atoms with Crippen molar-refractivity contribution in [1.29, 1.82) is 0 Å². The minimum atomic E-state index is -0.372. The molecule has 0 aromatic heterocycles. The van der Waals surface area contributed by atoms with E-state index in [1.807, 2.05) is 15.9 Å². The zero-order valence-electron chi connectivity index (χ0n) is 19.1. The van der Waals surface area contributed by atoms with Gasteiger partial charge in [-0.1, -0.05) is 36.4 Å². The van der Waals surface area contributed by atoms with Gasteiger partial charge in [0.25, 0.3) is 5.91 Å². The van der Waals surface area contributed by atoms with Crippen LogP contribution in [-0.2, 0) is 4.79 Å². The summed E-state index contributed by atoms with van der Waals surface area (Å²) in [5.41, 5.74) is 2.78. The number of piperazine rings is 1. The maximum absolute atomic E-state index is 14.1. The van der Waals surface area contributed by atoms with Gasteiger partial charge >= 0.3 is 0 Å². The molecule has 5 rings (SSSR count). The summed E-state index contributed by atoms with van der Waals surface area (Å²) < 4.78 is 41.1. The molecule has 0 N–H and O–H groups in total. The molecule has 0 bridgehead atoms. The maximum Gasteiger partial charge on any atom is 0.257 e. The first kappa shape index (κ1) is 23.1. The van der Waals surface area contributed by atoms with Crippen LogP contribution in [-0.4, -0.2) is 54.3 Å². The van der Waals surface area contributed by atoms with Crippen molar-refractivity contribution >= 4 is 17.3 Å². The summed E-state index contributed by atoms with van der Waals surface area (Å²) in [7, 11) is 0. The van der Waals surface area contributed by atoms with E-state index in [2.05, 4.69) is 5.10 Å². The van der Waals surface area contributed by atoms with E-state index >= 15 is 0 Å². The monoisotopic (exact) mass is 478 g/mol. The van der Waals surface area contributed by atoms with Gasteiger partial charge in [0.1, 0.15) is 17.5 Å². The average Bonchev–Trinajstić information content (AvgIpc) is 3.31. The van der Waals surface area contributed by atoms with Crippen LogP contribution in [0, 0.1) is 17.5 Å². The van der Waals surface area contributed by atoms with Gasteiger partial charge in [0.2, 0.25) is 0 Å². The molecule has 0 unspecified atom stereocenters. The van der Waals surface area contributed by atoms with Crippen molar-refractivity contribution in [3.63, 3.8) is 0 Å². The Labute approximate surface area is 202 Å². The van der Waals surface area contributed by atoms with Crippen molar-refractivity contribution in [2.24, 2.45) is 5.10 Å². The minimum absolute atomic E-state index is 0.170. The molecule has 8 heteroatoms. The highest BCUT2D eigenvalue weighted by atomic mass is 19.1. The van der Waals surface area contributed by atoms with Gasteiger partial charge in [0, 0.05) is 32.6 Å². The number of nitrogens with zero attached hydrogens (tertiary/aromatic N) is 4. The summed E-state index contributed by atoms with van der Waals surface area (Å²) in [5.74, 6) is -1.11. The molecule has 1 saturated heterocycles. The first-order valence-electron chi connectivity index (χ1n) is 11.6. The molecule has 5 nitrogen and oxygen atoms in total. The Bertz CT molecular complexity index is 1220. The highest BCUT2D eigenvalue weighted by molar-refractivity contribution is 6.03. The van der Waals surface area contributed by atoms with Crippen molar-refractivity contribution in [3.8, 4) is 0 Å². The van der Waals surface area contributed by atoms with Crippen LogP contribution in [0.3, 0.4) is 0 Å². The smallest absolute Gasteiger partial charge is 0.257 e. The lowest BCUT2D eigenvalue weighted by atomic mass is 9.98. The Kier molecular flexibility index (Phi) is 6.55. The van der Waals surface area contributed by atoms with Crippen LogP contribution in [0.4, 0.5) is 18.9 Å². The summed E-state index contributed by atoms with van der Waals surface area (Å²) in [5, 5.41) is 6.07. The third-order valence-corrected chi connectivity index (χ3v) is 6.52. The third kappa shape index (κ3) is 5.07. The van der Waals surface area contributed by atoms with Gasteiger partial charge in [-0.15, -0.1) is 0 Å². The number of benzene rings is 3. The molecule has 1 atom stereocenters. The van der Waals surface area contributed by atoms with Crippen LogP contribution < -0.4 is 4.90 Å². The van der Waals surface area contributed by atoms with Crippen LogP contribution >= 0.6 is 0 Å². The minimum Gasteiger partial charge on any atom is -0.367 e. The highest BCUT2D eigenvalue weighted by Crippen LogP contribution is 2.33. The fraction of sp³-hybridized carbons (Fsp3) is 0.259. The molecule has 1 fully saturated rings. The molecule has 0 aliphatic carbocycles. The number of amides is 1. The van der Waals surface area contributed by atoms with Gasteiger partial charge in [0.15, 0.2) is 0 Å². The Morgan fingerprint density at radius 2 is 1.46 bits per heavy atom. The molecule has 2 aliphatic heterocycles. The topological polar surface area (TPSA) is 39.2 Å². The second kappa shape index (κ2) is 9.92. The molecular weight excluding hydrogens is 453 g/mol. The molecule has 2 aliphatic rings. The van der Waals surface area contributed by atoms with E-state index in [4.69, 9.17) is 0 Å². The number of carbonyl (C=O) groups is 1. The first-order valence-corrected chi connectivity index (χ1v) is 11.6. The molecule has 0 spiro atoms. The van der Waals surface area contributed by atoms with Crippen molar-refractivity contribution in [1.82, 2.24) is 9.91 Å². The largest absolute Gasteiger partial charge is 0.367 e. The van der Waals surface area contributed by atoms with E-state index in [1.54, 1.807) is 36.4 Å². The van der Waals surface area contributed by atoms with Crippen LogP contribution in [0.5, 0.6) is 0 Å². The van der Waals surface area contributed by atoms with E-state index in [-0.39, 0.29) is 35.9 Å². The Morgan fingerprint density at radius 1 is 0.829 bits per heavy atom. The molecule has 180 valence electrons. The molecule has 35 heavy (non-hydrogen) atoms. The second-order valence-electron chi connectivity index (χ2n) is 8.78. The standard InChI is InChI=1S/C27H25F3N4O/c28-21-9-5-19(6-10-21)24-17-26(20-7-11-22(29)12-8-20)34(31-24)27(35)18-32-13-15-33(16-14-32)25-4-2-1-3-23(25)30/h1-12,26H,13-18H2/t26-/m0/s1. The van der Waals surface area contributed by atoms with Gasteiger partial charge in [-0.2, -0.15) is 5.10 Å².